The summed E-state index contributed by atoms with van der Waals surface area (Å²) in [5.41, 5.74) is 2.48. The van der Waals surface area contributed by atoms with Gasteiger partial charge in [-0.3, -0.25) is 0 Å². The Labute approximate surface area is 184 Å². The third kappa shape index (κ3) is 5.22. The van der Waals surface area contributed by atoms with Gasteiger partial charge in [-0.1, -0.05) is 44.2 Å². The summed E-state index contributed by atoms with van der Waals surface area (Å²) in [5, 5.41) is 12.9. The number of piperazine rings is 1. The summed E-state index contributed by atoms with van der Waals surface area (Å²) in [5.74, 6) is 2.49. The quantitative estimate of drug-likeness (QED) is 0.604. The van der Waals surface area contributed by atoms with E-state index in [1.807, 2.05) is 22.9 Å². The summed E-state index contributed by atoms with van der Waals surface area (Å²) in [6.07, 6.45) is 1.08. The number of hydrogen-bond acceptors (Lipinski definition) is 5. The molecule has 0 amide bonds. The molecule has 1 aromatic heterocycles. The second-order valence-corrected chi connectivity index (χ2v) is 8.71. The van der Waals surface area contributed by atoms with Crippen LogP contribution >= 0.6 is 0 Å². The maximum Gasteiger partial charge on any atom is 0.209 e. The maximum absolute atomic E-state index is 5.29. The molecular weight excluding hydrogens is 388 g/mol. The molecule has 0 unspecified atom stereocenters. The van der Waals surface area contributed by atoms with Crippen molar-refractivity contribution in [2.75, 3.05) is 38.2 Å². The third-order valence-electron chi connectivity index (χ3n) is 6.09. The second-order valence-electron chi connectivity index (χ2n) is 8.71. The zero-order valence-corrected chi connectivity index (χ0v) is 18.7. The van der Waals surface area contributed by atoms with Crippen LogP contribution in [0.2, 0.25) is 0 Å². The van der Waals surface area contributed by atoms with E-state index in [1.54, 1.807) is 12.0 Å². The molecule has 0 aliphatic carbocycles. The van der Waals surface area contributed by atoms with Gasteiger partial charge in [-0.15, -0.1) is 5.10 Å². The van der Waals surface area contributed by atoms with Gasteiger partial charge in [0.25, 0.3) is 0 Å². The molecule has 3 aromatic rings. The average Bonchev–Trinajstić information content (AvgIpc) is 3.26. The predicted octanol–water partition coefficient (Wildman–Crippen LogP) is 2.22. The Morgan fingerprint density at radius 1 is 1.00 bits per heavy atom. The number of tetrazole rings is 1. The molecular formula is C24H33N6O+. The van der Waals surface area contributed by atoms with Gasteiger partial charge in [0.1, 0.15) is 11.8 Å². The number of ether oxygens (including phenoxy) is 1. The van der Waals surface area contributed by atoms with Crippen molar-refractivity contribution in [3.8, 4) is 5.75 Å². The molecule has 7 heteroatoms. The summed E-state index contributed by atoms with van der Waals surface area (Å²) in [6.45, 7) is 9.47. The van der Waals surface area contributed by atoms with Crippen LogP contribution in [-0.4, -0.2) is 53.5 Å². The van der Waals surface area contributed by atoms with Gasteiger partial charge >= 0.3 is 0 Å². The lowest BCUT2D eigenvalue weighted by Gasteiger charge is -2.37. The fraction of sp³-hybridized carbons (Fsp3) is 0.458. The predicted molar refractivity (Wildman–Crippen MR) is 121 cm³/mol. The summed E-state index contributed by atoms with van der Waals surface area (Å²) >= 11 is 0. The van der Waals surface area contributed by atoms with E-state index in [-0.39, 0.29) is 0 Å². The van der Waals surface area contributed by atoms with Gasteiger partial charge < -0.3 is 14.5 Å². The zero-order chi connectivity index (χ0) is 21.6. The Hall–Kier alpha value is -2.93. The Kier molecular flexibility index (Phi) is 6.82. The first-order chi connectivity index (χ1) is 15.1. The van der Waals surface area contributed by atoms with E-state index in [4.69, 9.17) is 4.74 Å². The topological polar surface area (TPSA) is 60.5 Å². The molecule has 1 atom stereocenters. The molecule has 1 N–H and O–H groups in total. The van der Waals surface area contributed by atoms with Crippen molar-refractivity contribution >= 4 is 5.69 Å². The van der Waals surface area contributed by atoms with Gasteiger partial charge in [-0.25, -0.2) is 4.68 Å². The number of methoxy groups -OCH3 is 1. The minimum atomic E-state index is 0.303. The lowest BCUT2D eigenvalue weighted by Crippen LogP contribution is -3.15. The van der Waals surface area contributed by atoms with Crippen molar-refractivity contribution < 1.29 is 9.64 Å². The van der Waals surface area contributed by atoms with E-state index in [1.165, 1.54) is 11.3 Å². The highest BCUT2D eigenvalue weighted by molar-refractivity contribution is 5.49. The highest BCUT2D eigenvalue weighted by Gasteiger charge is 2.33. The molecule has 7 nitrogen and oxygen atoms in total. The number of anilines is 1. The van der Waals surface area contributed by atoms with E-state index in [0.717, 1.165) is 44.2 Å². The van der Waals surface area contributed by atoms with Crippen LogP contribution in [0.25, 0.3) is 0 Å². The molecule has 1 fully saturated rings. The van der Waals surface area contributed by atoms with E-state index in [9.17, 15) is 0 Å². The van der Waals surface area contributed by atoms with E-state index in [0.29, 0.717) is 18.5 Å². The zero-order valence-electron chi connectivity index (χ0n) is 18.7. The van der Waals surface area contributed by atoms with Crippen molar-refractivity contribution in [3.05, 3.63) is 66.0 Å². The van der Waals surface area contributed by atoms with Crippen molar-refractivity contribution in [1.82, 2.24) is 20.2 Å². The Morgan fingerprint density at radius 3 is 2.35 bits per heavy atom. The van der Waals surface area contributed by atoms with E-state index in [2.05, 4.69) is 70.7 Å². The summed E-state index contributed by atoms with van der Waals surface area (Å²) in [4.78, 5) is 4.03. The first kappa shape index (κ1) is 21.3. The highest BCUT2D eigenvalue weighted by Crippen LogP contribution is 2.21. The number of aromatic nitrogens is 4. The van der Waals surface area contributed by atoms with Crippen LogP contribution < -0.4 is 14.5 Å². The molecule has 0 saturated carbocycles. The van der Waals surface area contributed by atoms with Crippen LogP contribution in [0, 0.1) is 5.92 Å². The lowest BCUT2D eigenvalue weighted by atomic mass is 10.0. The molecule has 1 aliphatic rings. The van der Waals surface area contributed by atoms with Crippen LogP contribution in [0.3, 0.4) is 0 Å². The van der Waals surface area contributed by atoms with Crippen LogP contribution in [0.5, 0.6) is 5.75 Å². The summed E-state index contributed by atoms with van der Waals surface area (Å²) in [7, 11) is 1.71. The fourth-order valence-corrected chi connectivity index (χ4v) is 4.45. The number of rotatable bonds is 8. The standard InChI is InChI=1S/C24H32N6O/c1-19(2)17-23(24-25-26-27-30(24)18-20-7-5-4-6-8-20)29-15-13-28(14-16-29)21-9-11-22(31-3)12-10-21/h4-12,19,23H,13-18H2,1-3H3/p+1/t23-/m0/s1. The van der Waals surface area contributed by atoms with E-state index < -0.39 is 0 Å². The monoisotopic (exact) mass is 421 g/mol. The number of quaternary nitrogens is 1. The van der Waals surface area contributed by atoms with Crippen LogP contribution in [0.15, 0.2) is 54.6 Å². The van der Waals surface area contributed by atoms with Gasteiger partial charge in [0, 0.05) is 12.1 Å². The van der Waals surface area contributed by atoms with Crippen LogP contribution in [0.1, 0.15) is 37.7 Å². The molecule has 2 aromatic carbocycles. The Bertz CT molecular complexity index is 932. The SMILES string of the molecule is COc1ccc(N2CC[NH+]([C@@H](CC(C)C)c3nnnn3Cc3ccccc3)CC2)cc1. The number of nitrogens with zero attached hydrogens (tertiary/aromatic N) is 5. The van der Waals surface area contributed by atoms with Crippen molar-refractivity contribution in [3.63, 3.8) is 0 Å². The molecule has 4 rings (SSSR count). The van der Waals surface area contributed by atoms with Gasteiger partial charge in [-0.2, -0.15) is 0 Å². The minimum absolute atomic E-state index is 0.303. The van der Waals surface area contributed by atoms with Crippen molar-refractivity contribution in [1.29, 1.82) is 0 Å². The third-order valence-corrected chi connectivity index (χ3v) is 6.09. The summed E-state index contributed by atoms with van der Waals surface area (Å²) < 4.78 is 7.28. The van der Waals surface area contributed by atoms with Crippen LogP contribution in [-0.2, 0) is 6.54 Å². The van der Waals surface area contributed by atoms with Gasteiger partial charge in [0.05, 0.1) is 39.8 Å². The number of hydrogen-bond donors (Lipinski definition) is 1. The summed E-state index contributed by atoms with van der Waals surface area (Å²) in [6, 6.07) is 19.1. The molecule has 0 spiro atoms. The van der Waals surface area contributed by atoms with Gasteiger partial charge in [0.2, 0.25) is 5.82 Å². The Morgan fingerprint density at radius 2 is 1.71 bits per heavy atom. The second kappa shape index (κ2) is 9.92. The molecule has 164 valence electrons. The Balaban J connectivity index is 1.47. The molecule has 31 heavy (non-hydrogen) atoms. The number of benzene rings is 2. The average molecular weight is 422 g/mol. The minimum Gasteiger partial charge on any atom is -0.497 e. The van der Waals surface area contributed by atoms with Crippen LogP contribution in [0.4, 0.5) is 5.69 Å². The molecule has 2 heterocycles. The fourth-order valence-electron chi connectivity index (χ4n) is 4.45. The van der Waals surface area contributed by atoms with E-state index >= 15 is 0 Å². The molecule has 1 aliphatic heterocycles. The van der Waals surface area contributed by atoms with Gasteiger partial charge in [0.15, 0.2) is 0 Å². The van der Waals surface area contributed by atoms with Crippen molar-refractivity contribution in [2.24, 2.45) is 5.92 Å². The normalized spacial score (nSPS) is 15.9. The molecule has 0 bridgehead atoms. The lowest BCUT2D eigenvalue weighted by molar-refractivity contribution is -0.934. The largest absolute Gasteiger partial charge is 0.497 e. The maximum atomic E-state index is 5.29. The molecule has 1 saturated heterocycles. The highest BCUT2D eigenvalue weighted by atomic mass is 16.5. The van der Waals surface area contributed by atoms with Crippen molar-refractivity contribution in [2.45, 2.75) is 32.9 Å². The van der Waals surface area contributed by atoms with Gasteiger partial charge in [-0.05, 0) is 46.2 Å². The first-order valence-corrected chi connectivity index (χ1v) is 11.2. The smallest absolute Gasteiger partial charge is 0.209 e. The first-order valence-electron chi connectivity index (χ1n) is 11.2. The molecule has 0 radical (unpaired) electrons. The number of nitrogens with one attached hydrogen (secondary N) is 1.